The Morgan fingerprint density at radius 3 is 2.86 bits per heavy atom. The van der Waals surface area contributed by atoms with Crippen molar-refractivity contribution in [1.29, 1.82) is 0 Å². The van der Waals surface area contributed by atoms with Crippen molar-refractivity contribution < 1.29 is 9.69 Å². The Morgan fingerprint density at radius 2 is 2.05 bits per heavy atom. The Bertz CT molecular complexity index is 544. The van der Waals surface area contributed by atoms with E-state index in [1.165, 1.54) is 43.4 Å². The molecule has 1 amide bonds. The molecule has 3 rings (SSSR count). The molecular formula is C18H26ClN2O+. The highest BCUT2D eigenvalue weighted by Gasteiger charge is 2.37. The van der Waals surface area contributed by atoms with Crippen LogP contribution >= 0.6 is 11.6 Å². The monoisotopic (exact) mass is 321 g/mol. The van der Waals surface area contributed by atoms with Crippen molar-refractivity contribution >= 4 is 23.2 Å². The summed E-state index contributed by atoms with van der Waals surface area (Å²) >= 11 is 5.97. The van der Waals surface area contributed by atoms with Gasteiger partial charge in [-0.05, 0) is 62.8 Å². The van der Waals surface area contributed by atoms with Crippen LogP contribution in [0.15, 0.2) is 18.2 Å². The maximum atomic E-state index is 12.4. The summed E-state index contributed by atoms with van der Waals surface area (Å²) < 4.78 is 0. The van der Waals surface area contributed by atoms with E-state index in [0.717, 1.165) is 23.7 Å². The van der Waals surface area contributed by atoms with E-state index >= 15 is 0 Å². The summed E-state index contributed by atoms with van der Waals surface area (Å²) in [5.74, 6) is 0.981. The van der Waals surface area contributed by atoms with Crippen molar-refractivity contribution in [1.82, 2.24) is 0 Å². The highest BCUT2D eigenvalue weighted by atomic mass is 35.5. The van der Waals surface area contributed by atoms with Gasteiger partial charge in [0, 0.05) is 16.6 Å². The second-order valence-corrected chi connectivity index (χ2v) is 7.32. The molecule has 1 unspecified atom stereocenters. The lowest BCUT2D eigenvalue weighted by Crippen LogP contribution is -3.18. The van der Waals surface area contributed by atoms with Crippen LogP contribution in [0, 0.1) is 12.8 Å². The fraction of sp³-hybridized carbons (Fsp3) is 0.611. The van der Waals surface area contributed by atoms with Crippen LogP contribution in [0.2, 0.25) is 5.02 Å². The molecule has 1 saturated carbocycles. The highest BCUT2D eigenvalue weighted by Crippen LogP contribution is 2.28. The molecular weight excluding hydrogens is 296 g/mol. The number of carbonyl (C=O) groups is 1. The first kappa shape index (κ1) is 15.8. The number of aryl methyl sites for hydroxylation is 1. The van der Waals surface area contributed by atoms with Gasteiger partial charge in [0.15, 0.2) is 6.54 Å². The largest absolute Gasteiger partial charge is 0.324 e. The van der Waals surface area contributed by atoms with E-state index in [9.17, 15) is 4.79 Å². The number of piperidine rings is 1. The Hall–Kier alpha value is -1.06. The van der Waals surface area contributed by atoms with Crippen molar-refractivity contribution in [2.24, 2.45) is 5.92 Å². The number of rotatable bonds is 3. The Balaban J connectivity index is 1.61. The molecule has 3 nitrogen and oxygen atoms in total. The molecule has 2 N–H and O–H groups in total. The molecule has 120 valence electrons. The third kappa shape index (κ3) is 3.64. The van der Waals surface area contributed by atoms with E-state index in [1.807, 2.05) is 25.1 Å². The minimum atomic E-state index is 0.131. The lowest BCUT2D eigenvalue weighted by atomic mass is 9.78. The summed E-state index contributed by atoms with van der Waals surface area (Å²) in [6.07, 6.45) is 8.02. The maximum absolute atomic E-state index is 12.4. The molecule has 1 aliphatic carbocycles. The topological polar surface area (TPSA) is 33.5 Å². The SMILES string of the molecule is Cc1cc(Cl)ccc1NC(=O)C[NH+]1CCC[C@H]2CCCC[C@@H]21. The van der Waals surface area contributed by atoms with Crippen LogP contribution in [0.1, 0.15) is 44.1 Å². The summed E-state index contributed by atoms with van der Waals surface area (Å²) in [6.45, 7) is 3.73. The van der Waals surface area contributed by atoms with Gasteiger partial charge >= 0.3 is 0 Å². The second-order valence-electron chi connectivity index (χ2n) is 6.89. The fourth-order valence-corrected chi connectivity index (χ4v) is 4.48. The fourth-order valence-electron chi connectivity index (χ4n) is 4.25. The van der Waals surface area contributed by atoms with Crippen LogP contribution in [-0.4, -0.2) is 25.0 Å². The van der Waals surface area contributed by atoms with E-state index in [4.69, 9.17) is 11.6 Å². The smallest absolute Gasteiger partial charge is 0.279 e. The summed E-state index contributed by atoms with van der Waals surface area (Å²) in [7, 11) is 0. The van der Waals surface area contributed by atoms with Gasteiger partial charge in [0.25, 0.3) is 5.91 Å². The highest BCUT2D eigenvalue weighted by molar-refractivity contribution is 6.30. The second kappa shape index (κ2) is 7.01. The number of hydrogen-bond acceptors (Lipinski definition) is 1. The maximum Gasteiger partial charge on any atom is 0.279 e. The third-order valence-electron chi connectivity index (χ3n) is 5.36. The zero-order valence-electron chi connectivity index (χ0n) is 13.3. The molecule has 0 spiro atoms. The van der Waals surface area contributed by atoms with Gasteiger partial charge in [0.1, 0.15) is 0 Å². The first-order chi connectivity index (χ1) is 10.6. The third-order valence-corrected chi connectivity index (χ3v) is 5.59. The van der Waals surface area contributed by atoms with E-state index in [2.05, 4.69) is 5.32 Å². The Labute approximate surface area is 138 Å². The molecule has 22 heavy (non-hydrogen) atoms. The van der Waals surface area contributed by atoms with Gasteiger partial charge in [-0.2, -0.15) is 0 Å². The minimum Gasteiger partial charge on any atom is -0.324 e. The van der Waals surface area contributed by atoms with E-state index in [-0.39, 0.29) is 5.91 Å². The average molecular weight is 322 g/mol. The standard InChI is InChI=1S/C18H25ClN2O/c1-13-11-15(19)8-9-16(13)20-18(22)12-21-10-4-6-14-5-2-3-7-17(14)21/h8-9,11,14,17H,2-7,10,12H2,1H3,(H,20,22)/p+1/t14-,17+/m1/s1. The number of amides is 1. The van der Waals surface area contributed by atoms with Crippen LogP contribution in [0.25, 0.3) is 0 Å². The molecule has 1 aromatic rings. The lowest BCUT2D eigenvalue weighted by Gasteiger charge is -2.40. The minimum absolute atomic E-state index is 0.131. The van der Waals surface area contributed by atoms with E-state index in [0.29, 0.717) is 17.6 Å². The number of anilines is 1. The van der Waals surface area contributed by atoms with E-state index < -0.39 is 0 Å². The molecule has 1 saturated heterocycles. The van der Waals surface area contributed by atoms with E-state index in [1.54, 1.807) is 0 Å². The first-order valence-corrected chi connectivity index (χ1v) is 8.92. The zero-order chi connectivity index (χ0) is 15.5. The number of halogens is 1. The summed E-state index contributed by atoms with van der Waals surface area (Å²) in [6, 6.07) is 6.32. The van der Waals surface area contributed by atoms with Crippen LogP contribution in [0.3, 0.4) is 0 Å². The van der Waals surface area contributed by atoms with Gasteiger partial charge in [-0.3, -0.25) is 4.79 Å². The predicted molar refractivity (Wildman–Crippen MR) is 90.5 cm³/mol. The van der Waals surface area contributed by atoms with Crippen molar-refractivity contribution in [2.75, 3.05) is 18.4 Å². The van der Waals surface area contributed by atoms with Gasteiger partial charge in [-0.25, -0.2) is 0 Å². The van der Waals surface area contributed by atoms with Crippen molar-refractivity contribution in [3.8, 4) is 0 Å². The van der Waals surface area contributed by atoms with Crippen molar-refractivity contribution in [3.05, 3.63) is 28.8 Å². The number of benzene rings is 1. The van der Waals surface area contributed by atoms with Gasteiger partial charge in [0.2, 0.25) is 0 Å². The molecule has 3 atom stereocenters. The van der Waals surface area contributed by atoms with Gasteiger partial charge in [-0.1, -0.05) is 18.0 Å². The molecule has 4 heteroatoms. The van der Waals surface area contributed by atoms with Gasteiger partial charge < -0.3 is 10.2 Å². The number of likely N-dealkylation sites (tertiary alicyclic amines) is 1. The summed E-state index contributed by atoms with van der Waals surface area (Å²) in [4.78, 5) is 13.9. The molecule has 1 aliphatic heterocycles. The van der Waals surface area contributed by atoms with Crippen molar-refractivity contribution in [3.63, 3.8) is 0 Å². The number of hydrogen-bond donors (Lipinski definition) is 2. The van der Waals surface area contributed by atoms with Crippen LogP contribution in [0.5, 0.6) is 0 Å². The molecule has 0 radical (unpaired) electrons. The van der Waals surface area contributed by atoms with Gasteiger partial charge in [0.05, 0.1) is 12.6 Å². The zero-order valence-corrected chi connectivity index (χ0v) is 14.1. The summed E-state index contributed by atoms with van der Waals surface area (Å²) in [5, 5.41) is 3.77. The summed E-state index contributed by atoms with van der Waals surface area (Å²) in [5.41, 5.74) is 1.90. The number of nitrogens with one attached hydrogen (secondary N) is 2. The quantitative estimate of drug-likeness (QED) is 0.882. The predicted octanol–water partition coefficient (Wildman–Crippen LogP) is 2.82. The molecule has 0 bridgehead atoms. The van der Waals surface area contributed by atoms with Crippen LogP contribution in [-0.2, 0) is 4.79 Å². The molecule has 1 heterocycles. The normalized spacial score (nSPS) is 28.0. The Kier molecular flexibility index (Phi) is 5.04. The Morgan fingerprint density at radius 1 is 1.27 bits per heavy atom. The van der Waals surface area contributed by atoms with Crippen LogP contribution < -0.4 is 10.2 Å². The van der Waals surface area contributed by atoms with Crippen molar-refractivity contribution in [2.45, 2.75) is 51.5 Å². The number of carbonyl (C=O) groups excluding carboxylic acids is 1. The molecule has 0 aromatic heterocycles. The molecule has 2 fully saturated rings. The molecule has 1 aromatic carbocycles. The molecule has 2 aliphatic rings. The number of fused-ring (bicyclic) bond motifs is 1. The van der Waals surface area contributed by atoms with Crippen LogP contribution in [0.4, 0.5) is 5.69 Å². The van der Waals surface area contributed by atoms with Gasteiger partial charge in [-0.15, -0.1) is 0 Å². The average Bonchev–Trinajstić information content (AvgIpc) is 2.50. The lowest BCUT2D eigenvalue weighted by molar-refractivity contribution is -0.928. The number of quaternary nitrogens is 1. The first-order valence-electron chi connectivity index (χ1n) is 8.54.